The van der Waals surface area contributed by atoms with E-state index in [0.29, 0.717) is 6.42 Å². The van der Waals surface area contributed by atoms with Gasteiger partial charge in [-0.3, -0.25) is 0 Å². The van der Waals surface area contributed by atoms with Crippen molar-refractivity contribution in [1.82, 2.24) is 0 Å². The number of halogens is 2. The quantitative estimate of drug-likeness (QED) is 0.777. The maximum absolute atomic E-state index is 11.4. The third-order valence-electron chi connectivity index (χ3n) is 2.46. The van der Waals surface area contributed by atoms with Crippen molar-refractivity contribution in [1.29, 1.82) is 5.26 Å². The molecule has 0 aromatic heterocycles. The zero-order valence-electron chi connectivity index (χ0n) is 10.5. The van der Waals surface area contributed by atoms with Crippen LogP contribution in [0.1, 0.15) is 20.3 Å². The van der Waals surface area contributed by atoms with Gasteiger partial charge >= 0.3 is 0 Å². The molecular weight excluding hydrogens is 309 g/mol. The molecule has 0 amide bonds. The largest absolute Gasteiger partial charge is 0.492 e. The highest BCUT2D eigenvalue weighted by Gasteiger charge is 2.20. The number of rotatable bonds is 5. The molecule has 0 aliphatic heterocycles. The van der Waals surface area contributed by atoms with Crippen molar-refractivity contribution < 1.29 is 13.2 Å². The number of hydrogen-bond acceptors (Lipinski definition) is 4. The Hall–Kier alpha value is -0.960. The van der Waals surface area contributed by atoms with Crippen LogP contribution in [0.2, 0.25) is 5.02 Å². The molecule has 0 spiro atoms. The van der Waals surface area contributed by atoms with Crippen LogP contribution in [0, 0.1) is 16.7 Å². The van der Waals surface area contributed by atoms with Gasteiger partial charge in [0.25, 0.3) is 9.05 Å². The van der Waals surface area contributed by atoms with Gasteiger partial charge in [0.1, 0.15) is 10.6 Å². The van der Waals surface area contributed by atoms with Crippen LogP contribution in [0.25, 0.3) is 0 Å². The van der Waals surface area contributed by atoms with Gasteiger partial charge in [0, 0.05) is 15.7 Å². The van der Waals surface area contributed by atoms with Crippen molar-refractivity contribution in [3.8, 4) is 11.8 Å². The smallest absolute Gasteiger partial charge is 0.265 e. The fourth-order valence-electron chi connectivity index (χ4n) is 1.26. The van der Waals surface area contributed by atoms with Gasteiger partial charge in [-0.15, -0.1) is 0 Å². The van der Waals surface area contributed by atoms with E-state index >= 15 is 0 Å². The summed E-state index contributed by atoms with van der Waals surface area (Å²) in [6.07, 6.45) is 0.466. The van der Waals surface area contributed by atoms with Gasteiger partial charge in [0.15, 0.2) is 0 Å². The molecule has 1 aromatic carbocycles. The van der Waals surface area contributed by atoms with Crippen LogP contribution in [0.4, 0.5) is 0 Å². The maximum atomic E-state index is 11.4. The number of nitrogens with zero attached hydrogens (tertiary/aromatic N) is 1. The lowest BCUT2D eigenvalue weighted by molar-refractivity contribution is 0.259. The number of hydrogen-bond donors (Lipinski definition) is 0. The van der Waals surface area contributed by atoms with E-state index in [0.717, 1.165) is 0 Å². The molecule has 0 N–H and O–H groups in total. The molecule has 0 radical (unpaired) electrons. The maximum Gasteiger partial charge on any atom is 0.265 e. The van der Waals surface area contributed by atoms with Crippen molar-refractivity contribution in [3.63, 3.8) is 0 Å². The van der Waals surface area contributed by atoms with Crippen molar-refractivity contribution in [2.24, 2.45) is 5.41 Å². The Morgan fingerprint density at radius 3 is 2.58 bits per heavy atom. The summed E-state index contributed by atoms with van der Waals surface area (Å²) >= 11 is 5.73. The minimum Gasteiger partial charge on any atom is -0.492 e. The molecule has 0 saturated carbocycles. The van der Waals surface area contributed by atoms with Gasteiger partial charge in [-0.05, 0) is 38.5 Å². The Kier molecular flexibility index (Phi) is 5.08. The highest BCUT2D eigenvalue weighted by atomic mass is 35.7. The van der Waals surface area contributed by atoms with E-state index in [1.807, 2.05) is 0 Å². The van der Waals surface area contributed by atoms with E-state index in [9.17, 15) is 8.42 Å². The molecule has 0 bridgehead atoms. The predicted molar refractivity (Wildman–Crippen MR) is 74.0 cm³/mol. The molecule has 0 saturated heterocycles. The highest BCUT2D eigenvalue weighted by molar-refractivity contribution is 8.13. The molecule has 0 heterocycles. The third kappa shape index (κ3) is 4.90. The molecule has 4 nitrogen and oxygen atoms in total. The first-order valence-electron chi connectivity index (χ1n) is 5.44. The molecule has 0 atom stereocenters. The number of nitriles is 1. The average molecular weight is 322 g/mol. The minimum absolute atomic E-state index is 0.133. The van der Waals surface area contributed by atoms with Crippen LogP contribution >= 0.6 is 22.3 Å². The van der Waals surface area contributed by atoms with Gasteiger partial charge in [-0.25, -0.2) is 8.42 Å². The van der Waals surface area contributed by atoms with Crippen LogP contribution in [-0.4, -0.2) is 15.0 Å². The van der Waals surface area contributed by atoms with Gasteiger partial charge in [-0.1, -0.05) is 11.6 Å². The van der Waals surface area contributed by atoms with Crippen molar-refractivity contribution >= 4 is 31.3 Å². The molecule has 104 valence electrons. The van der Waals surface area contributed by atoms with Crippen LogP contribution in [0.5, 0.6) is 5.75 Å². The number of benzene rings is 1. The van der Waals surface area contributed by atoms with Gasteiger partial charge in [0.05, 0.1) is 18.1 Å². The lowest BCUT2D eigenvalue weighted by Gasteiger charge is -2.16. The Morgan fingerprint density at radius 1 is 1.42 bits per heavy atom. The third-order valence-corrected chi connectivity index (χ3v) is 4.03. The molecule has 7 heteroatoms. The number of ether oxygens (including phenoxy) is 1. The first-order chi connectivity index (χ1) is 8.65. The SMILES string of the molecule is CC(C)(C#N)CCOc1ccc(Cl)cc1S(=O)(=O)Cl. The van der Waals surface area contributed by atoms with Crippen LogP contribution in [-0.2, 0) is 9.05 Å². The van der Waals surface area contributed by atoms with Gasteiger partial charge in [-0.2, -0.15) is 5.26 Å². The summed E-state index contributed by atoms with van der Waals surface area (Å²) in [5.74, 6) is 0.133. The molecule has 0 aliphatic carbocycles. The van der Waals surface area contributed by atoms with Gasteiger partial charge < -0.3 is 4.74 Å². The lowest BCUT2D eigenvalue weighted by Crippen LogP contribution is -2.13. The van der Waals surface area contributed by atoms with E-state index in [1.165, 1.54) is 18.2 Å². The minimum atomic E-state index is -3.93. The normalized spacial score (nSPS) is 11.9. The van der Waals surface area contributed by atoms with Crippen molar-refractivity contribution in [2.75, 3.05) is 6.61 Å². The summed E-state index contributed by atoms with van der Waals surface area (Å²) in [6.45, 7) is 3.76. The summed E-state index contributed by atoms with van der Waals surface area (Å²) in [5.41, 5.74) is -0.535. The Balaban J connectivity index is 2.89. The van der Waals surface area contributed by atoms with Crippen molar-refractivity contribution in [2.45, 2.75) is 25.2 Å². The lowest BCUT2D eigenvalue weighted by atomic mass is 9.92. The summed E-state index contributed by atoms with van der Waals surface area (Å²) in [4.78, 5) is -0.170. The topological polar surface area (TPSA) is 67.2 Å². The monoisotopic (exact) mass is 321 g/mol. The van der Waals surface area contributed by atoms with E-state index < -0.39 is 14.5 Å². The van der Waals surface area contributed by atoms with Crippen LogP contribution in [0.15, 0.2) is 23.1 Å². The molecule has 1 aromatic rings. The van der Waals surface area contributed by atoms with Crippen LogP contribution < -0.4 is 4.74 Å². The molecule has 1 rings (SSSR count). The molecule has 0 unspecified atom stereocenters. The fourth-order valence-corrected chi connectivity index (χ4v) is 2.50. The average Bonchev–Trinajstić information content (AvgIpc) is 2.29. The summed E-state index contributed by atoms with van der Waals surface area (Å²) in [5, 5.41) is 9.13. The van der Waals surface area contributed by atoms with Crippen LogP contribution in [0.3, 0.4) is 0 Å². The van der Waals surface area contributed by atoms with E-state index in [2.05, 4.69) is 6.07 Å². The van der Waals surface area contributed by atoms with Gasteiger partial charge in [0.2, 0.25) is 0 Å². The Morgan fingerprint density at radius 2 is 2.05 bits per heavy atom. The predicted octanol–water partition coefficient (Wildman–Crippen LogP) is 3.59. The summed E-state index contributed by atoms with van der Waals surface area (Å²) in [7, 11) is 1.38. The summed E-state index contributed by atoms with van der Waals surface area (Å²) in [6, 6.07) is 6.32. The summed E-state index contributed by atoms with van der Waals surface area (Å²) < 4.78 is 28.2. The fraction of sp³-hybridized carbons (Fsp3) is 0.417. The zero-order valence-corrected chi connectivity index (χ0v) is 12.8. The highest BCUT2D eigenvalue weighted by Crippen LogP contribution is 2.30. The zero-order chi connectivity index (χ0) is 14.7. The van der Waals surface area contributed by atoms with Crippen molar-refractivity contribution in [3.05, 3.63) is 23.2 Å². The second kappa shape index (κ2) is 6.00. The molecular formula is C12H13Cl2NO3S. The van der Waals surface area contributed by atoms with E-state index in [1.54, 1.807) is 13.8 Å². The second-order valence-electron chi connectivity index (χ2n) is 4.62. The van der Waals surface area contributed by atoms with E-state index in [-0.39, 0.29) is 22.3 Å². The Labute approximate surface area is 122 Å². The first kappa shape index (κ1) is 16.1. The standard InChI is InChI=1S/C12H13Cl2NO3S/c1-12(2,8-15)5-6-18-10-4-3-9(13)7-11(10)19(14,16)17/h3-4,7H,5-6H2,1-2H3. The molecule has 19 heavy (non-hydrogen) atoms. The van der Waals surface area contributed by atoms with E-state index in [4.69, 9.17) is 32.3 Å². The second-order valence-corrected chi connectivity index (χ2v) is 7.59. The molecule has 0 aliphatic rings. The molecule has 0 fully saturated rings. The first-order valence-corrected chi connectivity index (χ1v) is 8.13. The Bertz CT molecular complexity index is 606.